The summed E-state index contributed by atoms with van der Waals surface area (Å²) in [4.78, 5) is 59.7. The highest BCUT2D eigenvalue weighted by molar-refractivity contribution is 5.86. The summed E-state index contributed by atoms with van der Waals surface area (Å²) < 4.78 is 5.44. The maximum Gasteiger partial charge on any atom is 0.407 e. The van der Waals surface area contributed by atoms with Gasteiger partial charge in [-0.2, -0.15) is 0 Å². The number of likely N-dealkylation sites (N-methyl/N-ethyl adjacent to an activating group) is 1. The van der Waals surface area contributed by atoms with Gasteiger partial charge in [0.25, 0.3) is 0 Å². The lowest BCUT2D eigenvalue weighted by Gasteiger charge is -2.33. The van der Waals surface area contributed by atoms with Gasteiger partial charge in [-0.3, -0.25) is 14.5 Å². The summed E-state index contributed by atoms with van der Waals surface area (Å²) in [6, 6.07) is 15.9. The highest BCUT2D eigenvalue weighted by Gasteiger charge is 2.39. The monoisotopic (exact) mass is 722 g/mol. The van der Waals surface area contributed by atoms with E-state index >= 15 is 0 Å². The number of carbonyl (C=O) groups is 3. The summed E-state index contributed by atoms with van der Waals surface area (Å²) in [5, 5.41) is 13.0. The Balaban J connectivity index is 0.978. The molecule has 53 heavy (non-hydrogen) atoms. The number of hydrogen-bond donors (Lipinski definition) is 4. The lowest BCUT2D eigenvalue weighted by Crippen LogP contribution is -2.51. The first-order chi connectivity index (χ1) is 25.7. The van der Waals surface area contributed by atoms with Gasteiger partial charge in [0.15, 0.2) is 0 Å². The summed E-state index contributed by atoms with van der Waals surface area (Å²) in [7, 11) is 1.46. The van der Waals surface area contributed by atoms with Crippen molar-refractivity contribution in [2.24, 2.45) is 5.92 Å². The van der Waals surface area contributed by atoms with Gasteiger partial charge in [-0.05, 0) is 55.6 Å². The first kappa shape index (κ1) is 36.4. The number of imidazole rings is 2. The van der Waals surface area contributed by atoms with Crippen molar-refractivity contribution in [3.63, 3.8) is 0 Å². The van der Waals surface area contributed by atoms with Crippen molar-refractivity contribution < 1.29 is 24.2 Å². The van der Waals surface area contributed by atoms with Crippen LogP contribution in [-0.2, 0) is 14.3 Å². The minimum absolute atomic E-state index is 0.0428. The molecule has 3 saturated heterocycles. The van der Waals surface area contributed by atoms with Crippen LogP contribution in [0.3, 0.4) is 0 Å². The van der Waals surface area contributed by atoms with Gasteiger partial charge >= 0.3 is 6.09 Å². The Hall–Kier alpha value is -5.01. The van der Waals surface area contributed by atoms with Crippen molar-refractivity contribution in [1.82, 2.24) is 40.0 Å². The van der Waals surface area contributed by atoms with Gasteiger partial charge < -0.3 is 34.9 Å². The molecule has 280 valence electrons. The standard InChI is InChI=1S/C40H50N8O5/c1-25(2)36(46(3)40(51)52)39(50)48-19-5-7-34(48)38-43-23-32(45-38)29-14-10-27(11-15-29)26-8-12-28(13-9-26)31-22-42-37(44-31)33-6-4-18-47(33)35(49)24-41-30-16-20-53-21-17-30/h8-15,22-23,25,30,33-34,36,41H,4-7,16-21,24H2,1-3H3,(H,42,44)(H,43,45)(H,51,52)/t33-,34-,36-/m0/s1. The number of nitrogens with zero attached hydrogens (tertiary/aromatic N) is 5. The van der Waals surface area contributed by atoms with Gasteiger partial charge in [0, 0.05) is 62.9 Å². The molecule has 0 saturated carbocycles. The molecule has 13 heteroatoms. The van der Waals surface area contributed by atoms with E-state index in [1.165, 1.54) is 7.05 Å². The molecule has 3 amide bonds. The molecular weight excluding hydrogens is 672 g/mol. The van der Waals surface area contributed by atoms with Gasteiger partial charge in [-0.15, -0.1) is 0 Å². The molecule has 3 fully saturated rings. The number of carbonyl (C=O) groups excluding carboxylic acids is 2. The molecule has 3 aliphatic rings. The smallest absolute Gasteiger partial charge is 0.407 e. The molecule has 3 aliphatic heterocycles. The molecule has 0 spiro atoms. The van der Waals surface area contributed by atoms with Crippen LogP contribution in [0.4, 0.5) is 4.79 Å². The van der Waals surface area contributed by atoms with Crippen LogP contribution in [0.5, 0.6) is 0 Å². The number of benzene rings is 2. The van der Waals surface area contributed by atoms with Crippen LogP contribution in [0, 0.1) is 5.92 Å². The number of hydrogen-bond acceptors (Lipinski definition) is 7. The van der Waals surface area contributed by atoms with Crippen LogP contribution in [0.25, 0.3) is 33.6 Å². The largest absolute Gasteiger partial charge is 0.465 e. The lowest BCUT2D eigenvalue weighted by atomic mass is 10.0. The number of ether oxygens (including phenoxy) is 1. The number of rotatable bonds is 11. The fourth-order valence-corrected chi connectivity index (χ4v) is 8.06. The lowest BCUT2D eigenvalue weighted by molar-refractivity contribution is -0.138. The summed E-state index contributed by atoms with van der Waals surface area (Å²) in [5.74, 6) is 1.31. The van der Waals surface area contributed by atoms with E-state index in [0.29, 0.717) is 25.0 Å². The summed E-state index contributed by atoms with van der Waals surface area (Å²) in [5.41, 5.74) is 5.75. The molecule has 0 unspecified atom stereocenters. The average Bonchev–Trinajstić information content (AvgIpc) is 4.01. The number of amides is 3. The minimum Gasteiger partial charge on any atom is -0.465 e. The van der Waals surface area contributed by atoms with E-state index in [0.717, 1.165) is 103 Å². The number of nitrogens with one attached hydrogen (secondary N) is 3. The van der Waals surface area contributed by atoms with Gasteiger partial charge in [-0.25, -0.2) is 14.8 Å². The fourth-order valence-electron chi connectivity index (χ4n) is 8.06. The SMILES string of the molecule is CC(C)[C@@H](C(=O)N1CCC[C@H]1c1nc(-c2ccc(-c3ccc(-c4c[nH]c([C@@H]5CCCN5C(=O)CNC5CCOCC5)n4)cc3)cc2)c[nH]1)N(C)C(=O)O. The zero-order valence-corrected chi connectivity index (χ0v) is 30.8. The molecule has 3 atom stereocenters. The molecule has 0 aliphatic carbocycles. The normalized spacial score (nSPS) is 19.9. The van der Waals surface area contributed by atoms with Gasteiger partial charge in [0.2, 0.25) is 11.8 Å². The molecule has 0 radical (unpaired) electrons. The molecule has 4 N–H and O–H groups in total. The zero-order chi connectivity index (χ0) is 37.1. The van der Waals surface area contributed by atoms with E-state index in [2.05, 4.69) is 51.7 Å². The van der Waals surface area contributed by atoms with Gasteiger partial charge in [-0.1, -0.05) is 62.4 Å². The van der Waals surface area contributed by atoms with Crippen LogP contribution in [-0.4, -0.2) is 110 Å². The zero-order valence-electron chi connectivity index (χ0n) is 30.8. The highest BCUT2D eigenvalue weighted by Crippen LogP contribution is 2.35. The maximum absolute atomic E-state index is 13.6. The van der Waals surface area contributed by atoms with E-state index in [1.807, 2.05) is 43.3 Å². The number of carboxylic acid groups (broad SMARTS) is 1. The van der Waals surface area contributed by atoms with Crippen molar-refractivity contribution in [3.05, 3.63) is 72.6 Å². The molecule has 0 bridgehead atoms. The van der Waals surface area contributed by atoms with Crippen LogP contribution < -0.4 is 5.32 Å². The van der Waals surface area contributed by atoms with Gasteiger partial charge in [0.1, 0.15) is 17.7 Å². The molecule has 13 nitrogen and oxygen atoms in total. The number of aromatic amines is 2. The minimum atomic E-state index is -1.12. The Morgan fingerprint density at radius 1 is 0.811 bits per heavy atom. The summed E-state index contributed by atoms with van der Waals surface area (Å²) in [6.07, 6.45) is 8.02. The predicted molar refractivity (Wildman–Crippen MR) is 201 cm³/mol. The number of H-pyrrole nitrogens is 2. The second-order valence-corrected chi connectivity index (χ2v) is 14.8. The topological polar surface area (TPSA) is 160 Å². The maximum atomic E-state index is 13.6. The predicted octanol–water partition coefficient (Wildman–Crippen LogP) is 5.86. The quantitative estimate of drug-likeness (QED) is 0.150. The van der Waals surface area contributed by atoms with Crippen LogP contribution in [0.1, 0.15) is 76.1 Å². The summed E-state index contributed by atoms with van der Waals surface area (Å²) in [6.45, 7) is 6.89. The Kier molecular flexibility index (Phi) is 10.9. The van der Waals surface area contributed by atoms with E-state index in [4.69, 9.17) is 14.7 Å². The van der Waals surface area contributed by atoms with Crippen molar-refractivity contribution in [2.75, 3.05) is 39.9 Å². The van der Waals surface area contributed by atoms with E-state index in [9.17, 15) is 19.5 Å². The Morgan fingerprint density at radius 2 is 1.30 bits per heavy atom. The van der Waals surface area contributed by atoms with E-state index in [-0.39, 0.29) is 29.8 Å². The van der Waals surface area contributed by atoms with Crippen molar-refractivity contribution in [3.8, 4) is 33.6 Å². The number of likely N-dealkylation sites (tertiary alicyclic amines) is 2. The van der Waals surface area contributed by atoms with E-state index < -0.39 is 12.1 Å². The Labute approximate surface area is 310 Å². The fraction of sp³-hybridized carbons (Fsp3) is 0.475. The molecule has 7 rings (SSSR count). The third-order valence-electron chi connectivity index (χ3n) is 11.0. The molecule has 2 aromatic heterocycles. The molecule has 5 heterocycles. The first-order valence-electron chi connectivity index (χ1n) is 18.9. The second kappa shape index (κ2) is 15.9. The van der Waals surface area contributed by atoms with Crippen molar-refractivity contribution >= 4 is 17.9 Å². The van der Waals surface area contributed by atoms with Crippen LogP contribution in [0.2, 0.25) is 0 Å². The van der Waals surface area contributed by atoms with Crippen molar-refractivity contribution in [2.45, 2.75) is 76.5 Å². The molecule has 4 aromatic rings. The van der Waals surface area contributed by atoms with Crippen LogP contribution >= 0.6 is 0 Å². The third-order valence-corrected chi connectivity index (χ3v) is 11.0. The Bertz CT molecular complexity index is 1880. The first-order valence-corrected chi connectivity index (χ1v) is 18.9. The number of aromatic nitrogens is 4. The molecule has 2 aromatic carbocycles. The van der Waals surface area contributed by atoms with Crippen LogP contribution in [0.15, 0.2) is 60.9 Å². The van der Waals surface area contributed by atoms with Gasteiger partial charge in [0.05, 0.1) is 30.0 Å². The highest BCUT2D eigenvalue weighted by atomic mass is 16.5. The van der Waals surface area contributed by atoms with Crippen molar-refractivity contribution in [1.29, 1.82) is 0 Å². The average molecular weight is 723 g/mol. The summed E-state index contributed by atoms with van der Waals surface area (Å²) >= 11 is 0. The third kappa shape index (κ3) is 7.86. The second-order valence-electron chi connectivity index (χ2n) is 14.8. The Morgan fingerprint density at radius 3 is 1.81 bits per heavy atom. The molecular formula is C40H50N8O5. The van der Waals surface area contributed by atoms with E-state index in [1.54, 1.807) is 4.90 Å².